The van der Waals surface area contributed by atoms with Gasteiger partial charge in [0.15, 0.2) is 0 Å². The SMILES string of the molecule is COc1ccc(NC(=O)Cc2c[nH]c3ccccc23)cn1. The molecule has 0 aliphatic rings. The van der Waals surface area contributed by atoms with Gasteiger partial charge >= 0.3 is 0 Å². The second-order valence-electron chi connectivity index (χ2n) is 4.67. The van der Waals surface area contributed by atoms with E-state index in [0.717, 1.165) is 16.5 Å². The van der Waals surface area contributed by atoms with Gasteiger partial charge < -0.3 is 15.0 Å². The van der Waals surface area contributed by atoms with Crippen molar-refractivity contribution in [2.24, 2.45) is 0 Å². The van der Waals surface area contributed by atoms with Gasteiger partial charge in [0, 0.05) is 23.2 Å². The van der Waals surface area contributed by atoms with E-state index in [1.54, 1.807) is 25.4 Å². The van der Waals surface area contributed by atoms with Gasteiger partial charge in [-0.3, -0.25) is 4.79 Å². The van der Waals surface area contributed by atoms with Crippen LogP contribution >= 0.6 is 0 Å². The highest BCUT2D eigenvalue weighted by atomic mass is 16.5. The predicted octanol–water partition coefficient (Wildman–Crippen LogP) is 2.75. The summed E-state index contributed by atoms with van der Waals surface area (Å²) < 4.78 is 4.98. The third-order valence-corrected chi connectivity index (χ3v) is 3.26. The summed E-state index contributed by atoms with van der Waals surface area (Å²) in [5, 5.41) is 3.90. The van der Waals surface area contributed by atoms with Crippen molar-refractivity contribution in [3.05, 3.63) is 54.4 Å². The highest BCUT2D eigenvalue weighted by Crippen LogP contribution is 2.19. The van der Waals surface area contributed by atoms with E-state index in [2.05, 4.69) is 15.3 Å². The minimum absolute atomic E-state index is 0.0771. The Morgan fingerprint density at radius 3 is 2.90 bits per heavy atom. The zero-order chi connectivity index (χ0) is 14.7. The van der Waals surface area contributed by atoms with E-state index in [4.69, 9.17) is 4.74 Å². The first-order valence-electron chi connectivity index (χ1n) is 6.61. The molecule has 21 heavy (non-hydrogen) atoms. The van der Waals surface area contributed by atoms with Gasteiger partial charge in [0.25, 0.3) is 0 Å². The molecular weight excluding hydrogens is 266 g/mol. The van der Waals surface area contributed by atoms with E-state index in [-0.39, 0.29) is 5.91 Å². The summed E-state index contributed by atoms with van der Waals surface area (Å²) in [6.45, 7) is 0. The first-order chi connectivity index (χ1) is 10.3. The van der Waals surface area contributed by atoms with Gasteiger partial charge in [0.2, 0.25) is 11.8 Å². The number of carbonyl (C=O) groups excluding carboxylic acids is 1. The quantitative estimate of drug-likeness (QED) is 0.772. The molecule has 0 saturated heterocycles. The number of nitrogens with zero attached hydrogens (tertiary/aromatic N) is 1. The molecule has 5 heteroatoms. The summed E-state index contributed by atoms with van der Waals surface area (Å²) in [5.41, 5.74) is 2.66. The van der Waals surface area contributed by atoms with E-state index >= 15 is 0 Å². The van der Waals surface area contributed by atoms with Gasteiger partial charge in [0.1, 0.15) is 0 Å². The summed E-state index contributed by atoms with van der Waals surface area (Å²) in [6, 6.07) is 11.4. The molecule has 0 aliphatic carbocycles. The molecule has 106 valence electrons. The zero-order valence-corrected chi connectivity index (χ0v) is 11.6. The van der Waals surface area contributed by atoms with E-state index < -0.39 is 0 Å². The van der Waals surface area contributed by atoms with Gasteiger partial charge in [-0.2, -0.15) is 0 Å². The van der Waals surface area contributed by atoms with Crippen LogP contribution in [0.3, 0.4) is 0 Å². The highest BCUT2D eigenvalue weighted by molar-refractivity contribution is 5.95. The van der Waals surface area contributed by atoms with Crippen LogP contribution in [0.4, 0.5) is 5.69 Å². The van der Waals surface area contributed by atoms with Crippen molar-refractivity contribution in [1.29, 1.82) is 0 Å². The normalized spacial score (nSPS) is 10.5. The molecule has 5 nitrogen and oxygen atoms in total. The summed E-state index contributed by atoms with van der Waals surface area (Å²) in [4.78, 5) is 19.3. The number of H-pyrrole nitrogens is 1. The zero-order valence-electron chi connectivity index (χ0n) is 11.6. The minimum Gasteiger partial charge on any atom is -0.481 e. The second-order valence-corrected chi connectivity index (χ2v) is 4.67. The van der Waals surface area contributed by atoms with Crippen LogP contribution in [0.2, 0.25) is 0 Å². The van der Waals surface area contributed by atoms with Crippen LogP contribution in [-0.2, 0) is 11.2 Å². The maximum absolute atomic E-state index is 12.1. The van der Waals surface area contributed by atoms with E-state index in [1.165, 1.54) is 0 Å². The highest BCUT2D eigenvalue weighted by Gasteiger charge is 2.09. The first kappa shape index (κ1) is 13.2. The maximum Gasteiger partial charge on any atom is 0.228 e. The van der Waals surface area contributed by atoms with Crippen LogP contribution in [0, 0.1) is 0 Å². The molecule has 0 aliphatic heterocycles. The Morgan fingerprint density at radius 2 is 2.14 bits per heavy atom. The first-order valence-corrected chi connectivity index (χ1v) is 6.61. The average Bonchev–Trinajstić information content (AvgIpc) is 2.91. The average molecular weight is 281 g/mol. The lowest BCUT2D eigenvalue weighted by atomic mass is 10.1. The number of aromatic amines is 1. The molecule has 2 N–H and O–H groups in total. The number of nitrogens with one attached hydrogen (secondary N) is 2. The summed E-state index contributed by atoms with van der Waals surface area (Å²) in [6.07, 6.45) is 3.76. The fourth-order valence-corrected chi connectivity index (χ4v) is 2.23. The Balaban J connectivity index is 1.71. The Bertz CT molecular complexity index is 763. The molecule has 0 bridgehead atoms. The molecule has 1 amide bonds. The van der Waals surface area contributed by atoms with Crippen molar-refractivity contribution >= 4 is 22.5 Å². The number of anilines is 1. The number of amides is 1. The van der Waals surface area contributed by atoms with E-state index in [9.17, 15) is 4.79 Å². The van der Waals surface area contributed by atoms with Gasteiger partial charge in [-0.15, -0.1) is 0 Å². The molecular formula is C16H15N3O2. The smallest absolute Gasteiger partial charge is 0.228 e. The number of hydrogen-bond acceptors (Lipinski definition) is 3. The van der Waals surface area contributed by atoms with Crippen LogP contribution in [0.25, 0.3) is 10.9 Å². The number of methoxy groups -OCH3 is 1. The summed E-state index contributed by atoms with van der Waals surface area (Å²) >= 11 is 0. The summed E-state index contributed by atoms with van der Waals surface area (Å²) in [7, 11) is 1.55. The molecule has 0 saturated carbocycles. The third-order valence-electron chi connectivity index (χ3n) is 3.26. The molecule has 0 unspecified atom stereocenters. The lowest BCUT2D eigenvalue weighted by Crippen LogP contribution is -2.14. The van der Waals surface area contributed by atoms with Crippen molar-refractivity contribution in [2.75, 3.05) is 12.4 Å². The molecule has 2 heterocycles. The second kappa shape index (κ2) is 5.66. The van der Waals surface area contributed by atoms with Crippen molar-refractivity contribution < 1.29 is 9.53 Å². The van der Waals surface area contributed by atoms with Gasteiger partial charge in [-0.1, -0.05) is 18.2 Å². The number of ether oxygens (including phenoxy) is 1. The monoisotopic (exact) mass is 281 g/mol. The Kier molecular flexibility index (Phi) is 3.55. The van der Waals surface area contributed by atoms with Crippen molar-refractivity contribution in [1.82, 2.24) is 9.97 Å². The van der Waals surface area contributed by atoms with Gasteiger partial charge in [-0.25, -0.2) is 4.98 Å². The van der Waals surface area contributed by atoms with Crippen molar-refractivity contribution in [3.8, 4) is 5.88 Å². The molecule has 3 rings (SSSR count). The Hall–Kier alpha value is -2.82. The fraction of sp³-hybridized carbons (Fsp3) is 0.125. The standard InChI is InChI=1S/C16H15N3O2/c1-21-16-7-6-12(10-18-16)19-15(20)8-11-9-17-14-5-3-2-4-13(11)14/h2-7,9-10,17H,8H2,1H3,(H,19,20). The summed E-state index contributed by atoms with van der Waals surface area (Å²) in [5.74, 6) is 0.441. The predicted molar refractivity (Wildman–Crippen MR) is 81.4 cm³/mol. The lowest BCUT2D eigenvalue weighted by Gasteiger charge is -2.05. The number of pyridine rings is 1. The Labute approximate surface area is 122 Å². The topological polar surface area (TPSA) is 67.0 Å². The van der Waals surface area contributed by atoms with Gasteiger partial charge in [0.05, 0.1) is 25.4 Å². The number of para-hydroxylation sites is 1. The molecule has 0 radical (unpaired) electrons. The maximum atomic E-state index is 12.1. The fourth-order valence-electron chi connectivity index (χ4n) is 2.23. The molecule has 2 aromatic heterocycles. The molecule has 3 aromatic rings. The molecule has 0 spiro atoms. The molecule has 0 atom stereocenters. The van der Waals surface area contributed by atoms with E-state index in [1.807, 2.05) is 30.5 Å². The largest absolute Gasteiger partial charge is 0.481 e. The van der Waals surface area contributed by atoms with Crippen LogP contribution in [0.15, 0.2) is 48.8 Å². The molecule has 1 aromatic carbocycles. The van der Waals surface area contributed by atoms with Gasteiger partial charge in [-0.05, 0) is 17.7 Å². The van der Waals surface area contributed by atoms with Crippen LogP contribution in [-0.4, -0.2) is 23.0 Å². The van der Waals surface area contributed by atoms with Crippen LogP contribution in [0.5, 0.6) is 5.88 Å². The molecule has 0 fully saturated rings. The third kappa shape index (κ3) is 2.86. The minimum atomic E-state index is -0.0771. The number of rotatable bonds is 4. The number of fused-ring (bicyclic) bond motifs is 1. The number of carbonyl (C=O) groups is 1. The number of aromatic nitrogens is 2. The van der Waals surface area contributed by atoms with Crippen LogP contribution < -0.4 is 10.1 Å². The number of hydrogen-bond donors (Lipinski definition) is 2. The number of benzene rings is 1. The lowest BCUT2D eigenvalue weighted by molar-refractivity contribution is -0.115. The van der Waals surface area contributed by atoms with E-state index in [0.29, 0.717) is 18.0 Å². The van der Waals surface area contributed by atoms with Crippen LogP contribution in [0.1, 0.15) is 5.56 Å². The Morgan fingerprint density at radius 1 is 1.29 bits per heavy atom. The van der Waals surface area contributed by atoms with Crippen molar-refractivity contribution in [2.45, 2.75) is 6.42 Å². The van der Waals surface area contributed by atoms with Crippen molar-refractivity contribution in [3.63, 3.8) is 0 Å².